The molecule has 1 unspecified atom stereocenters. The lowest BCUT2D eigenvalue weighted by molar-refractivity contribution is -0.139. The van der Waals surface area contributed by atoms with E-state index in [0.29, 0.717) is 42.0 Å². The molecule has 1 atom stereocenters. The van der Waals surface area contributed by atoms with Crippen LogP contribution < -0.4 is 20.1 Å². The Bertz CT molecular complexity index is 849. The highest BCUT2D eigenvalue weighted by Gasteiger charge is 2.20. The van der Waals surface area contributed by atoms with Crippen molar-refractivity contribution < 1.29 is 29.0 Å². The van der Waals surface area contributed by atoms with Gasteiger partial charge in [-0.05, 0) is 67.8 Å². The third-order valence-corrected chi connectivity index (χ3v) is 4.51. The summed E-state index contributed by atoms with van der Waals surface area (Å²) in [6.07, 6.45) is 1.38. The predicted octanol–water partition coefficient (Wildman–Crippen LogP) is 2.49. The molecule has 2 amide bonds. The minimum Gasteiger partial charge on any atom is -0.497 e. The summed E-state index contributed by atoms with van der Waals surface area (Å²) in [6.45, 7) is 0.406. The summed E-state index contributed by atoms with van der Waals surface area (Å²) in [5, 5.41) is 14.7. The molecule has 0 aliphatic carbocycles. The van der Waals surface area contributed by atoms with Crippen LogP contribution >= 0.6 is 0 Å². The van der Waals surface area contributed by atoms with Crippen molar-refractivity contribution in [1.82, 2.24) is 10.6 Å². The molecule has 0 radical (unpaired) electrons. The SMILES string of the molecule is COc1ccc(C(=O)NCCCCC(NC(=O)c2ccc(OC)cc2)C(=O)O)cc1. The Balaban J connectivity index is 1.75. The molecule has 30 heavy (non-hydrogen) atoms. The highest BCUT2D eigenvalue weighted by molar-refractivity contribution is 5.96. The van der Waals surface area contributed by atoms with E-state index in [0.717, 1.165) is 0 Å². The van der Waals surface area contributed by atoms with Gasteiger partial charge in [-0.3, -0.25) is 9.59 Å². The van der Waals surface area contributed by atoms with Gasteiger partial charge in [0.15, 0.2) is 0 Å². The molecule has 0 bridgehead atoms. The molecular weight excluding hydrogens is 388 g/mol. The van der Waals surface area contributed by atoms with Crippen LogP contribution in [0.3, 0.4) is 0 Å². The minimum absolute atomic E-state index is 0.208. The average Bonchev–Trinajstić information content (AvgIpc) is 2.77. The molecule has 0 heterocycles. The van der Waals surface area contributed by atoms with Gasteiger partial charge >= 0.3 is 5.97 Å². The van der Waals surface area contributed by atoms with E-state index < -0.39 is 17.9 Å². The molecule has 2 aromatic carbocycles. The second-order valence-electron chi connectivity index (χ2n) is 6.57. The van der Waals surface area contributed by atoms with Crippen LogP contribution in [0.4, 0.5) is 0 Å². The zero-order valence-corrected chi connectivity index (χ0v) is 17.0. The first kappa shape index (κ1) is 22.7. The number of benzene rings is 2. The molecule has 0 aliphatic rings. The topological polar surface area (TPSA) is 114 Å². The van der Waals surface area contributed by atoms with Crippen LogP contribution in [0.5, 0.6) is 11.5 Å². The van der Waals surface area contributed by atoms with Gasteiger partial charge in [-0.1, -0.05) is 0 Å². The highest BCUT2D eigenvalue weighted by Crippen LogP contribution is 2.13. The molecule has 0 aromatic heterocycles. The number of amides is 2. The van der Waals surface area contributed by atoms with Crippen LogP contribution in [0.25, 0.3) is 0 Å². The second kappa shape index (κ2) is 11.5. The quantitative estimate of drug-likeness (QED) is 0.487. The van der Waals surface area contributed by atoms with Gasteiger partial charge in [0.25, 0.3) is 11.8 Å². The van der Waals surface area contributed by atoms with Crippen molar-refractivity contribution in [3.63, 3.8) is 0 Å². The zero-order valence-electron chi connectivity index (χ0n) is 17.0. The molecule has 0 fully saturated rings. The summed E-state index contributed by atoms with van der Waals surface area (Å²) in [5.41, 5.74) is 0.875. The van der Waals surface area contributed by atoms with Gasteiger partial charge in [-0.2, -0.15) is 0 Å². The van der Waals surface area contributed by atoms with E-state index in [1.54, 1.807) is 55.6 Å². The fraction of sp³-hybridized carbons (Fsp3) is 0.318. The van der Waals surface area contributed by atoms with Crippen molar-refractivity contribution in [2.75, 3.05) is 20.8 Å². The first-order chi connectivity index (χ1) is 14.4. The molecule has 8 heteroatoms. The summed E-state index contributed by atoms with van der Waals surface area (Å²) in [6, 6.07) is 12.2. The van der Waals surface area contributed by atoms with E-state index in [1.165, 1.54) is 7.11 Å². The molecular formula is C22H26N2O6. The third kappa shape index (κ3) is 6.80. The lowest BCUT2D eigenvalue weighted by Gasteiger charge is -2.15. The first-order valence-electron chi connectivity index (χ1n) is 9.54. The third-order valence-electron chi connectivity index (χ3n) is 4.51. The lowest BCUT2D eigenvalue weighted by Crippen LogP contribution is -2.40. The number of unbranched alkanes of at least 4 members (excludes halogenated alkanes) is 1. The maximum absolute atomic E-state index is 12.3. The molecule has 0 saturated heterocycles. The van der Waals surface area contributed by atoms with Gasteiger partial charge in [0.1, 0.15) is 17.5 Å². The van der Waals surface area contributed by atoms with Gasteiger partial charge < -0.3 is 25.2 Å². The van der Waals surface area contributed by atoms with Crippen LogP contribution in [0, 0.1) is 0 Å². The number of carboxylic acid groups (broad SMARTS) is 1. The van der Waals surface area contributed by atoms with Crippen LogP contribution in [-0.4, -0.2) is 49.7 Å². The number of aliphatic carboxylic acids is 1. The lowest BCUT2D eigenvalue weighted by atomic mass is 10.1. The van der Waals surface area contributed by atoms with E-state index in [1.807, 2.05) is 0 Å². The minimum atomic E-state index is -1.10. The van der Waals surface area contributed by atoms with Crippen molar-refractivity contribution in [2.24, 2.45) is 0 Å². The fourth-order valence-corrected chi connectivity index (χ4v) is 2.76. The summed E-state index contributed by atoms with van der Waals surface area (Å²) < 4.78 is 10.1. The van der Waals surface area contributed by atoms with Gasteiger partial charge in [-0.25, -0.2) is 4.79 Å². The molecule has 0 saturated carbocycles. The van der Waals surface area contributed by atoms with Crippen LogP contribution in [-0.2, 0) is 4.79 Å². The Morgan fingerprint density at radius 3 is 1.80 bits per heavy atom. The first-order valence-corrected chi connectivity index (χ1v) is 9.54. The number of carbonyl (C=O) groups excluding carboxylic acids is 2. The molecule has 2 rings (SSSR count). The number of rotatable bonds is 11. The van der Waals surface area contributed by atoms with Crippen LogP contribution in [0.15, 0.2) is 48.5 Å². The number of hydrogen-bond acceptors (Lipinski definition) is 5. The summed E-state index contributed by atoms with van der Waals surface area (Å²) in [7, 11) is 3.08. The van der Waals surface area contributed by atoms with Gasteiger partial charge in [-0.15, -0.1) is 0 Å². The maximum Gasteiger partial charge on any atom is 0.326 e. The molecule has 160 valence electrons. The van der Waals surface area contributed by atoms with Crippen molar-refractivity contribution >= 4 is 17.8 Å². The van der Waals surface area contributed by atoms with Crippen LogP contribution in [0.1, 0.15) is 40.0 Å². The number of nitrogens with one attached hydrogen (secondary N) is 2. The van der Waals surface area contributed by atoms with Crippen molar-refractivity contribution in [2.45, 2.75) is 25.3 Å². The van der Waals surface area contributed by atoms with Gasteiger partial charge in [0.2, 0.25) is 0 Å². The van der Waals surface area contributed by atoms with E-state index in [2.05, 4.69) is 10.6 Å². The molecule has 0 spiro atoms. The molecule has 8 nitrogen and oxygen atoms in total. The number of hydrogen-bond donors (Lipinski definition) is 3. The average molecular weight is 414 g/mol. The summed E-state index contributed by atoms with van der Waals surface area (Å²) >= 11 is 0. The maximum atomic E-state index is 12.3. The fourth-order valence-electron chi connectivity index (χ4n) is 2.76. The molecule has 3 N–H and O–H groups in total. The number of carbonyl (C=O) groups is 3. The van der Waals surface area contributed by atoms with Gasteiger partial charge in [0, 0.05) is 17.7 Å². The predicted molar refractivity (Wildman–Crippen MR) is 111 cm³/mol. The van der Waals surface area contributed by atoms with Crippen molar-refractivity contribution in [1.29, 1.82) is 0 Å². The Kier molecular flexibility index (Phi) is 8.68. The largest absolute Gasteiger partial charge is 0.497 e. The van der Waals surface area contributed by atoms with E-state index in [-0.39, 0.29) is 12.3 Å². The van der Waals surface area contributed by atoms with Crippen LogP contribution in [0.2, 0.25) is 0 Å². The monoisotopic (exact) mass is 414 g/mol. The number of ether oxygens (including phenoxy) is 2. The van der Waals surface area contributed by atoms with E-state index in [4.69, 9.17) is 9.47 Å². The normalized spacial score (nSPS) is 11.3. The Morgan fingerprint density at radius 1 is 0.833 bits per heavy atom. The number of carboxylic acids is 1. The van der Waals surface area contributed by atoms with Crippen molar-refractivity contribution in [3.8, 4) is 11.5 Å². The summed E-state index contributed by atoms with van der Waals surface area (Å²) in [5.74, 6) is -0.488. The van der Waals surface area contributed by atoms with E-state index in [9.17, 15) is 19.5 Å². The Labute approximate surface area is 175 Å². The van der Waals surface area contributed by atoms with Crippen molar-refractivity contribution in [3.05, 3.63) is 59.7 Å². The zero-order chi connectivity index (χ0) is 21.9. The molecule has 2 aromatic rings. The second-order valence-corrected chi connectivity index (χ2v) is 6.57. The summed E-state index contributed by atoms with van der Waals surface area (Å²) in [4.78, 5) is 35.8. The molecule has 0 aliphatic heterocycles. The highest BCUT2D eigenvalue weighted by atomic mass is 16.5. The Morgan fingerprint density at radius 2 is 1.33 bits per heavy atom. The van der Waals surface area contributed by atoms with Gasteiger partial charge in [0.05, 0.1) is 14.2 Å². The number of methoxy groups -OCH3 is 2. The Hall–Kier alpha value is -3.55. The smallest absolute Gasteiger partial charge is 0.326 e. The van der Waals surface area contributed by atoms with E-state index >= 15 is 0 Å². The standard InChI is InChI=1S/C22H26N2O6/c1-29-17-10-6-15(7-11-17)20(25)23-14-4-3-5-19(22(27)28)24-21(26)16-8-12-18(30-2)13-9-16/h6-13,19H,3-5,14H2,1-2H3,(H,23,25)(H,24,26)(H,27,28).